The minimum Gasteiger partial charge on any atom is -0.366 e. The third-order valence-electron chi connectivity index (χ3n) is 1.06. The molecular weight excluding hydrogens is 220 g/mol. The zero-order valence-electron chi connectivity index (χ0n) is 6.86. The summed E-state index contributed by atoms with van der Waals surface area (Å²) in [4.78, 5) is 10.4. The number of hydrogen-bond donors (Lipinski definition) is 2. The van der Waals surface area contributed by atoms with Crippen molar-refractivity contribution < 1.29 is 4.79 Å². The van der Waals surface area contributed by atoms with Crippen LogP contribution < -0.4 is 11.5 Å². The largest absolute Gasteiger partial charge is 0.366 e. The summed E-state index contributed by atoms with van der Waals surface area (Å²) in [6.07, 6.45) is 0. The molecule has 0 bridgehead atoms. The first-order valence-corrected chi connectivity index (χ1v) is 3.23. The maximum Gasteiger partial charge on any atom is 0.248 e. The fourth-order valence-electron chi connectivity index (χ4n) is 0.602. The second-order valence-corrected chi connectivity index (χ2v) is 1.73. The highest BCUT2D eigenvalue weighted by molar-refractivity contribution is 8.93. The van der Waals surface area contributed by atoms with Crippen LogP contribution in [0.1, 0.15) is 10.4 Å². The number of halogens is 1. The highest BCUT2D eigenvalue weighted by atomic mass is 79.9. The van der Waals surface area contributed by atoms with Gasteiger partial charge in [0, 0.05) is 5.56 Å². The molecule has 0 heterocycles. The lowest BCUT2D eigenvalue weighted by atomic mass is 10.2. The molecule has 0 saturated carbocycles. The summed E-state index contributed by atoms with van der Waals surface area (Å²) >= 11 is 0. The Hall–Kier alpha value is -0.870. The van der Waals surface area contributed by atoms with Crippen molar-refractivity contribution in [3.8, 4) is 0 Å². The molecule has 68 valence electrons. The van der Waals surface area contributed by atoms with Crippen LogP contribution in [0.2, 0.25) is 0 Å². The van der Waals surface area contributed by atoms with Crippen molar-refractivity contribution in [2.24, 2.45) is 11.5 Å². The van der Waals surface area contributed by atoms with E-state index in [2.05, 4.69) is 5.73 Å². The zero-order chi connectivity index (χ0) is 8.69. The van der Waals surface area contributed by atoms with E-state index in [1.807, 2.05) is 6.07 Å². The molecule has 0 fully saturated rings. The van der Waals surface area contributed by atoms with Gasteiger partial charge in [-0.1, -0.05) is 18.2 Å². The number of hydrogen-bond acceptors (Lipinski definition) is 2. The predicted molar refractivity (Wildman–Crippen MR) is 55.4 cm³/mol. The molecule has 1 aromatic rings. The smallest absolute Gasteiger partial charge is 0.248 e. The van der Waals surface area contributed by atoms with E-state index in [0.717, 1.165) is 0 Å². The van der Waals surface area contributed by atoms with Crippen molar-refractivity contribution in [3.05, 3.63) is 35.9 Å². The monoisotopic (exact) mass is 232 g/mol. The second kappa shape index (κ2) is 8.23. The van der Waals surface area contributed by atoms with E-state index in [4.69, 9.17) is 5.73 Å². The number of amides is 1. The summed E-state index contributed by atoms with van der Waals surface area (Å²) < 4.78 is 0. The van der Waals surface area contributed by atoms with Crippen molar-refractivity contribution in [3.63, 3.8) is 0 Å². The number of carbonyl (C=O) groups is 1. The molecule has 0 atom stereocenters. The average molecular weight is 233 g/mol. The van der Waals surface area contributed by atoms with Crippen molar-refractivity contribution in [1.82, 2.24) is 0 Å². The summed E-state index contributed by atoms with van der Waals surface area (Å²) in [6, 6.07) is 8.76. The third kappa shape index (κ3) is 4.87. The van der Waals surface area contributed by atoms with Gasteiger partial charge in [0.25, 0.3) is 0 Å². The molecule has 0 unspecified atom stereocenters. The zero-order valence-corrected chi connectivity index (χ0v) is 8.57. The molecule has 0 aliphatic rings. The van der Waals surface area contributed by atoms with Gasteiger partial charge in [0.2, 0.25) is 5.91 Å². The van der Waals surface area contributed by atoms with E-state index >= 15 is 0 Å². The summed E-state index contributed by atoms with van der Waals surface area (Å²) in [6.45, 7) is 0. The third-order valence-corrected chi connectivity index (χ3v) is 1.06. The Kier molecular flexibility index (Phi) is 9.40. The van der Waals surface area contributed by atoms with Gasteiger partial charge in [0.1, 0.15) is 0 Å². The Labute approximate surface area is 82.5 Å². The molecular formula is C8H13BrN2O. The van der Waals surface area contributed by atoms with Gasteiger partial charge in [-0.2, -0.15) is 0 Å². The summed E-state index contributed by atoms with van der Waals surface area (Å²) in [5.41, 5.74) is 10.0. The molecule has 0 radical (unpaired) electrons. The van der Waals surface area contributed by atoms with E-state index in [1.165, 1.54) is 7.05 Å². The fourth-order valence-corrected chi connectivity index (χ4v) is 0.602. The Morgan fingerprint density at radius 1 is 1.17 bits per heavy atom. The highest BCUT2D eigenvalue weighted by Gasteiger charge is 1.93. The molecule has 1 aromatic carbocycles. The van der Waals surface area contributed by atoms with Crippen molar-refractivity contribution >= 4 is 22.9 Å². The Morgan fingerprint density at radius 2 is 1.58 bits per heavy atom. The average Bonchev–Trinajstić information content (AvgIpc) is 2.10. The van der Waals surface area contributed by atoms with Gasteiger partial charge in [0.05, 0.1) is 0 Å². The Bertz CT molecular complexity index is 214. The topological polar surface area (TPSA) is 69.1 Å². The van der Waals surface area contributed by atoms with E-state index in [-0.39, 0.29) is 22.9 Å². The van der Waals surface area contributed by atoms with Crippen molar-refractivity contribution in [2.75, 3.05) is 7.05 Å². The van der Waals surface area contributed by atoms with Gasteiger partial charge in [-0.15, -0.1) is 17.0 Å². The molecule has 1 rings (SSSR count). The summed E-state index contributed by atoms with van der Waals surface area (Å²) in [5.74, 6) is -0.379. The van der Waals surface area contributed by atoms with Crippen LogP contribution in [-0.2, 0) is 0 Å². The van der Waals surface area contributed by atoms with Gasteiger partial charge in [-0.3, -0.25) is 4.79 Å². The quantitative estimate of drug-likeness (QED) is 0.757. The van der Waals surface area contributed by atoms with Gasteiger partial charge in [-0.05, 0) is 19.2 Å². The molecule has 0 aromatic heterocycles. The first-order chi connectivity index (χ1) is 5.30. The summed E-state index contributed by atoms with van der Waals surface area (Å²) in [7, 11) is 1.50. The van der Waals surface area contributed by atoms with Crippen LogP contribution >= 0.6 is 17.0 Å². The first-order valence-electron chi connectivity index (χ1n) is 3.23. The van der Waals surface area contributed by atoms with Crippen LogP contribution in [0.3, 0.4) is 0 Å². The molecule has 1 amide bonds. The van der Waals surface area contributed by atoms with E-state index in [9.17, 15) is 4.79 Å². The molecule has 3 nitrogen and oxygen atoms in total. The van der Waals surface area contributed by atoms with Crippen LogP contribution in [-0.4, -0.2) is 13.0 Å². The second-order valence-electron chi connectivity index (χ2n) is 1.73. The SMILES string of the molecule is Br.CN.NC(=O)c1ccccc1. The molecule has 0 saturated heterocycles. The molecule has 12 heavy (non-hydrogen) atoms. The van der Waals surface area contributed by atoms with Crippen LogP contribution in [0.4, 0.5) is 0 Å². The molecule has 0 spiro atoms. The van der Waals surface area contributed by atoms with Gasteiger partial charge in [0.15, 0.2) is 0 Å². The molecule has 4 N–H and O–H groups in total. The maximum atomic E-state index is 10.4. The van der Waals surface area contributed by atoms with Gasteiger partial charge in [-0.25, -0.2) is 0 Å². The van der Waals surface area contributed by atoms with Crippen LogP contribution in [0.25, 0.3) is 0 Å². The van der Waals surface area contributed by atoms with Gasteiger partial charge < -0.3 is 11.5 Å². The molecule has 0 aliphatic carbocycles. The molecule has 0 aliphatic heterocycles. The number of primary amides is 1. The van der Waals surface area contributed by atoms with E-state index < -0.39 is 0 Å². The number of carbonyl (C=O) groups excluding carboxylic acids is 1. The van der Waals surface area contributed by atoms with Crippen LogP contribution in [0.5, 0.6) is 0 Å². The lowest BCUT2D eigenvalue weighted by Gasteiger charge is -1.89. The predicted octanol–water partition coefficient (Wildman–Crippen LogP) is 0.938. The highest BCUT2D eigenvalue weighted by Crippen LogP contribution is 1.94. The Morgan fingerprint density at radius 3 is 1.83 bits per heavy atom. The lowest BCUT2D eigenvalue weighted by Crippen LogP contribution is -2.09. The standard InChI is InChI=1S/C7H7NO.CH5N.BrH/c8-7(9)6-4-2-1-3-5-6;1-2;/h1-5H,(H2,8,9);2H2,1H3;1H. The van der Waals surface area contributed by atoms with Crippen LogP contribution in [0.15, 0.2) is 30.3 Å². The molecule has 4 heteroatoms. The lowest BCUT2D eigenvalue weighted by molar-refractivity contribution is 0.100. The normalized spacial score (nSPS) is 7.17. The minimum atomic E-state index is -0.379. The van der Waals surface area contributed by atoms with E-state index in [0.29, 0.717) is 5.56 Å². The first kappa shape index (κ1) is 13.7. The van der Waals surface area contributed by atoms with Crippen molar-refractivity contribution in [2.45, 2.75) is 0 Å². The Balaban J connectivity index is 0. The van der Waals surface area contributed by atoms with Crippen molar-refractivity contribution in [1.29, 1.82) is 0 Å². The number of benzene rings is 1. The summed E-state index contributed by atoms with van der Waals surface area (Å²) in [5, 5.41) is 0. The van der Waals surface area contributed by atoms with Crippen LogP contribution in [0, 0.1) is 0 Å². The fraction of sp³-hybridized carbons (Fsp3) is 0.125. The maximum absolute atomic E-state index is 10.4. The van der Waals surface area contributed by atoms with E-state index in [1.54, 1.807) is 24.3 Å². The number of nitrogens with two attached hydrogens (primary N) is 2. The number of rotatable bonds is 1. The minimum absolute atomic E-state index is 0. The van der Waals surface area contributed by atoms with Gasteiger partial charge >= 0.3 is 0 Å².